The molecule has 0 aliphatic carbocycles. The number of carbonyl (C=O) groups is 2. The molecule has 0 bridgehead atoms. The highest BCUT2D eigenvalue weighted by Gasteiger charge is 2.30. The maximum atomic E-state index is 12.8. The number of amides is 2. The molecule has 29 heavy (non-hydrogen) atoms. The van der Waals surface area contributed by atoms with E-state index in [1.165, 1.54) is 12.1 Å². The molecule has 3 rings (SSSR count). The molecule has 0 aromatic heterocycles. The van der Waals surface area contributed by atoms with Crippen LogP contribution in [0.2, 0.25) is 0 Å². The van der Waals surface area contributed by atoms with Crippen molar-refractivity contribution in [2.45, 2.75) is 37.1 Å². The van der Waals surface area contributed by atoms with E-state index in [0.29, 0.717) is 37.9 Å². The number of carbonyl (C=O) groups excluding carboxylic acids is 2. The van der Waals surface area contributed by atoms with E-state index in [-0.39, 0.29) is 22.8 Å². The number of hydrogen-bond acceptors (Lipinski definition) is 4. The van der Waals surface area contributed by atoms with Gasteiger partial charge >= 0.3 is 0 Å². The minimum atomic E-state index is -3.29. The van der Waals surface area contributed by atoms with Crippen molar-refractivity contribution >= 4 is 27.3 Å². The van der Waals surface area contributed by atoms with Crippen molar-refractivity contribution in [2.24, 2.45) is 0 Å². The lowest BCUT2D eigenvalue weighted by Crippen LogP contribution is -2.49. The molecule has 7 heteroatoms. The van der Waals surface area contributed by atoms with Gasteiger partial charge in [-0.3, -0.25) is 9.59 Å². The maximum Gasteiger partial charge on any atom is 0.253 e. The van der Waals surface area contributed by atoms with Gasteiger partial charge < -0.3 is 9.80 Å². The first-order valence-electron chi connectivity index (χ1n) is 9.77. The lowest BCUT2D eigenvalue weighted by atomic mass is 10.0. The lowest BCUT2D eigenvalue weighted by Gasteiger charge is -2.38. The van der Waals surface area contributed by atoms with E-state index in [1.807, 2.05) is 42.2 Å². The summed E-state index contributed by atoms with van der Waals surface area (Å²) in [5.41, 5.74) is 1.36. The van der Waals surface area contributed by atoms with Gasteiger partial charge in [-0.25, -0.2) is 8.42 Å². The molecule has 0 N–H and O–H groups in total. The smallest absolute Gasteiger partial charge is 0.253 e. The van der Waals surface area contributed by atoms with Crippen LogP contribution in [0.4, 0.5) is 5.69 Å². The number of benzene rings is 2. The molecule has 154 valence electrons. The zero-order valence-corrected chi connectivity index (χ0v) is 17.6. The van der Waals surface area contributed by atoms with E-state index in [2.05, 4.69) is 0 Å². The zero-order valence-electron chi connectivity index (χ0n) is 16.7. The van der Waals surface area contributed by atoms with Gasteiger partial charge in [0.05, 0.1) is 4.90 Å². The summed E-state index contributed by atoms with van der Waals surface area (Å²) in [6.45, 7) is 2.96. The van der Waals surface area contributed by atoms with Crippen LogP contribution in [-0.4, -0.2) is 50.5 Å². The average molecular weight is 415 g/mol. The summed E-state index contributed by atoms with van der Waals surface area (Å²) < 4.78 is 23.2. The van der Waals surface area contributed by atoms with Crippen LogP contribution >= 0.6 is 0 Å². The van der Waals surface area contributed by atoms with Crippen LogP contribution in [0.15, 0.2) is 59.5 Å². The van der Waals surface area contributed by atoms with Crippen molar-refractivity contribution in [3.63, 3.8) is 0 Å². The lowest BCUT2D eigenvalue weighted by molar-refractivity contribution is -0.119. The molecule has 1 aliphatic rings. The van der Waals surface area contributed by atoms with Crippen LogP contribution in [0.3, 0.4) is 0 Å². The maximum absolute atomic E-state index is 12.8. The van der Waals surface area contributed by atoms with E-state index in [1.54, 1.807) is 17.0 Å². The number of para-hydroxylation sites is 1. The molecule has 0 atom stereocenters. The van der Waals surface area contributed by atoms with Gasteiger partial charge in [-0.15, -0.1) is 0 Å². The van der Waals surface area contributed by atoms with Crippen LogP contribution in [0, 0.1) is 0 Å². The Labute approximate surface area is 172 Å². The van der Waals surface area contributed by atoms with Crippen molar-refractivity contribution < 1.29 is 18.0 Å². The fraction of sp³-hybridized carbons (Fsp3) is 0.364. The van der Waals surface area contributed by atoms with Gasteiger partial charge in [0.25, 0.3) is 5.91 Å². The summed E-state index contributed by atoms with van der Waals surface area (Å²) >= 11 is 0. The van der Waals surface area contributed by atoms with Gasteiger partial charge in [0, 0.05) is 43.1 Å². The number of nitrogens with zero attached hydrogens (tertiary/aromatic N) is 2. The number of rotatable bonds is 5. The standard InChI is InChI=1S/C22H26N2O4S/c1-3-21(25)24(18-7-5-4-6-8-18)19-13-15-23(16-14-19)22(26)17-9-11-20(12-10-17)29(2,27)28/h4-12,19H,3,13-16H2,1-2H3. The highest BCUT2D eigenvalue weighted by molar-refractivity contribution is 7.90. The molecule has 1 saturated heterocycles. The molecule has 6 nitrogen and oxygen atoms in total. The number of likely N-dealkylation sites (tertiary alicyclic amines) is 1. The number of anilines is 1. The molecule has 2 aromatic carbocycles. The first-order valence-corrected chi connectivity index (χ1v) is 11.7. The van der Waals surface area contributed by atoms with Gasteiger partial charge in [-0.05, 0) is 49.2 Å². The first kappa shape index (κ1) is 21.0. The molecule has 1 fully saturated rings. The molecule has 0 saturated carbocycles. The molecule has 0 spiro atoms. The summed E-state index contributed by atoms with van der Waals surface area (Å²) in [4.78, 5) is 29.2. The van der Waals surface area contributed by atoms with Crippen LogP contribution in [0.5, 0.6) is 0 Å². The van der Waals surface area contributed by atoms with Gasteiger partial charge in [0.2, 0.25) is 5.91 Å². The fourth-order valence-corrected chi connectivity index (χ4v) is 4.30. The number of hydrogen-bond donors (Lipinski definition) is 0. The van der Waals surface area contributed by atoms with Gasteiger partial charge in [-0.2, -0.15) is 0 Å². The Balaban J connectivity index is 1.69. The zero-order chi connectivity index (χ0) is 21.0. The van der Waals surface area contributed by atoms with Crippen LogP contribution in [0.25, 0.3) is 0 Å². The SMILES string of the molecule is CCC(=O)N(c1ccccc1)C1CCN(C(=O)c2ccc(S(C)(=O)=O)cc2)CC1. The Morgan fingerprint density at radius 3 is 2.10 bits per heavy atom. The van der Waals surface area contributed by atoms with Gasteiger partial charge in [0.15, 0.2) is 9.84 Å². The second kappa shape index (κ2) is 8.78. The Hall–Kier alpha value is -2.67. The predicted molar refractivity (Wildman–Crippen MR) is 113 cm³/mol. The summed E-state index contributed by atoms with van der Waals surface area (Å²) in [5.74, 6) is -0.0334. The number of sulfone groups is 1. The molecular weight excluding hydrogens is 388 g/mol. The van der Waals surface area contributed by atoms with Crippen molar-refractivity contribution in [1.82, 2.24) is 4.90 Å². The van der Waals surface area contributed by atoms with Crippen molar-refractivity contribution in [2.75, 3.05) is 24.2 Å². The predicted octanol–water partition coefficient (Wildman–Crippen LogP) is 3.14. The Morgan fingerprint density at radius 2 is 1.59 bits per heavy atom. The van der Waals surface area contributed by atoms with E-state index >= 15 is 0 Å². The summed E-state index contributed by atoms with van der Waals surface area (Å²) in [5, 5.41) is 0. The van der Waals surface area contributed by atoms with E-state index < -0.39 is 9.84 Å². The molecule has 1 heterocycles. The number of piperidine rings is 1. The minimum absolute atomic E-state index is 0.0570. The van der Waals surface area contributed by atoms with Crippen molar-refractivity contribution in [1.29, 1.82) is 0 Å². The average Bonchev–Trinajstić information content (AvgIpc) is 2.74. The summed E-state index contributed by atoms with van der Waals surface area (Å²) in [6.07, 6.45) is 2.98. The third-order valence-corrected chi connectivity index (χ3v) is 6.38. The van der Waals surface area contributed by atoms with Gasteiger partial charge in [0.1, 0.15) is 0 Å². The van der Waals surface area contributed by atoms with Crippen LogP contribution in [0.1, 0.15) is 36.5 Å². The molecule has 0 radical (unpaired) electrons. The van der Waals surface area contributed by atoms with E-state index in [0.717, 1.165) is 11.9 Å². The largest absolute Gasteiger partial charge is 0.338 e. The third-order valence-electron chi connectivity index (χ3n) is 5.25. The summed E-state index contributed by atoms with van der Waals surface area (Å²) in [7, 11) is -3.29. The van der Waals surface area contributed by atoms with Gasteiger partial charge in [-0.1, -0.05) is 25.1 Å². The normalized spacial score (nSPS) is 15.2. The summed E-state index contributed by atoms with van der Waals surface area (Å²) in [6, 6.07) is 15.7. The van der Waals surface area contributed by atoms with Crippen LogP contribution in [-0.2, 0) is 14.6 Å². The monoisotopic (exact) mass is 414 g/mol. The van der Waals surface area contributed by atoms with Crippen LogP contribution < -0.4 is 4.90 Å². The molecule has 1 aliphatic heterocycles. The Bertz CT molecular complexity index is 964. The second-order valence-electron chi connectivity index (χ2n) is 7.27. The van der Waals surface area contributed by atoms with Crippen molar-refractivity contribution in [3.05, 3.63) is 60.2 Å². The fourth-order valence-electron chi connectivity index (χ4n) is 3.67. The first-order chi connectivity index (χ1) is 13.8. The Kier molecular flexibility index (Phi) is 6.37. The molecule has 2 amide bonds. The molecular formula is C22H26N2O4S. The van der Waals surface area contributed by atoms with E-state index in [4.69, 9.17) is 0 Å². The van der Waals surface area contributed by atoms with E-state index in [9.17, 15) is 18.0 Å². The minimum Gasteiger partial charge on any atom is -0.338 e. The third kappa shape index (κ3) is 4.85. The molecule has 0 unspecified atom stereocenters. The topological polar surface area (TPSA) is 74.8 Å². The molecule has 2 aromatic rings. The highest BCUT2D eigenvalue weighted by atomic mass is 32.2. The highest BCUT2D eigenvalue weighted by Crippen LogP contribution is 2.25. The second-order valence-corrected chi connectivity index (χ2v) is 9.29. The quantitative estimate of drug-likeness (QED) is 0.753. The Morgan fingerprint density at radius 1 is 1.00 bits per heavy atom. The van der Waals surface area contributed by atoms with Crippen molar-refractivity contribution in [3.8, 4) is 0 Å².